The lowest BCUT2D eigenvalue weighted by Gasteiger charge is -2.07. The van der Waals surface area contributed by atoms with Crippen LogP contribution >= 0.6 is 0 Å². The van der Waals surface area contributed by atoms with Crippen molar-refractivity contribution in [3.05, 3.63) is 41.6 Å². The molecule has 0 fully saturated rings. The first-order valence-electron chi connectivity index (χ1n) is 6.61. The molecule has 2 N–H and O–H groups in total. The van der Waals surface area contributed by atoms with Gasteiger partial charge in [-0.3, -0.25) is 5.10 Å². The first kappa shape index (κ1) is 14.3. The molecule has 0 amide bonds. The number of carbonyl (C=O) groups is 1. The molecule has 0 aliphatic heterocycles. The lowest BCUT2D eigenvalue weighted by Crippen LogP contribution is -2.12. The first-order chi connectivity index (χ1) is 9.63. The highest BCUT2D eigenvalue weighted by molar-refractivity contribution is 5.97. The molecule has 1 aromatic carbocycles. The Labute approximate surface area is 117 Å². The maximum Gasteiger partial charge on any atom is 0.342 e. The second-order valence-corrected chi connectivity index (χ2v) is 4.57. The minimum Gasteiger partial charge on any atom is -0.462 e. The fraction of sp³-hybridized carbons (Fsp3) is 0.333. The van der Waals surface area contributed by atoms with Gasteiger partial charge in [-0.05, 0) is 13.8 Å². The average molecular weight is 274 g/mol. The summed E-state index contributed by atoms with van der Waals surface area (Å²) in [6.07, 6.45) is -0.235. The molecule has 0 saturated heterocycles. The van der Waals surface area contributed by atoms with Gasteiger partial charge in [-0.15, -0.1) is 0 Å². The first-order valence-corrected chi connectivity index (χ1v) is 6.61. The van der Waals surface area contributed by atoms with Crippen molar-refractivity contribution in [1.29, 1.82) is 0 Å². The summed E-state index contributed by atoms with van der Waals surface area (Å²) in [5.41, 5.74) is 2.39. The van der Waals surface area contributed by atoms with Crippen LogP contribution in [0.15, 0.2) is 30.3 Å². The van der Waals surface area contributed by atoms with Crippen molar-refractivity contribution in [2.45, 2.75) is 26.4 Å². The number of aliphatic hydroxyl groups excluding tert-OH is 1. The number of nitrogens with zero attached hydrogens (tertiary/aromatic N) is 1. The molecule has 1 heterocycles. The fourth-order valence-corrected chi connectivity index (χ4v) is 2.05. The molecule has 0 saturated carbocycles. The Hall–Kier alpha value is -2.14. The van der Waals surface area contributed by atoms with Gasteiger partial charge >= 0.3 is 5.97 Å². The molecule has 2 rings (SSSR count). The van der Waals surface area contributed by atoms with E-state index in [2.05, 4.69) is 10.2 Å². The number of rotatable bonds is 5. The smallest absolute Gasteiger partial charge is 0.342 e. The molecule has 5 nitrogen and oxygen atoms in total. The number of hydrogen-bond acceptors (Lipinski definition) is 4. The SMILES string of the molecule is CCOC(=O)c1c(-c2ccccc2)n[nH]c1CC(C)O. The zero-order chi connectivity index (χ0) is 14.5. The quantitative estimate of drug-likeness (QED) is 0.819. The Morgan fingerprint density at radius 1 is 1.40 bits per heavy atom. The maximum absolute atomic E-state index is 12.1. The molecule has 20 heavy (non-hydrogen) atoms. The van der Waals surface area contributed by atoms with Crippen molar-refractivity contribution < 1.29 is 14.6 Å². The summed E-state index contributed by atoms with van der Waals surface area (Å²) in [5.74, 6) is -0.421. The van der Waals surface area contributed by atoms with Crippen LogP contribution in [0.25, 0.3) is 11.3 Å². The van der Waals surface area contributed by atoms with Crippen LogP contribution < -0.4 is 0 Å². The molecule has 106 valence electrons. The van der Waals surface area contributed by atoms with E-state index in [0.29, 0.717) is 30.0 Å². The largest absolute Gasteiger partial charge is 0.462 e. The van der Waals surface area contributed by atoms with Gasteiger partial charge in [0.05, 0.1) is 18.4 Å². The zero-order valence-electron chi connectivity index (χ0n) is 11.6. The number of benzene rings is 1. The molecule has 5 heteroatoms. The average Bonchev–Trinajstić information content (AvgIpc) is 2.83. The highest BCUT2D eigenvalue weighted by Gasteiger charge is 2.23. The second-order valence-electron chi connectivity index (χ2n) is 4.57. The topological polar surface area (TPSA) is 75.2 Å². The van der Waals surface area contributed by atoms with Gasteiger partial charge in [0.25, 0.3) is 0 Å². The van der Waals surface area contributed by atoms with E-state index < -0.39 is 12.1 Å². The number of esters is 1. The maximum atomic E-state index is 12.1. The molecule has 0 aliphatic rings. The second kappa shape index (κ2) is 6.34. The monoisotopic (exact) mass is 274 g/mol. The summed E-state index contributed by atoms with van der Waals surface area (Å²) in [6.45, 7) is 3.72. The van der Waals surface area contributed by atoms with Crippen molar-refractivity contribution in [2.75, 3.05) is 6.61 Å². The van der Waals surface area contributed by atoms with Gasteiger partial charge < -0.3 is 9.84 Å². The zero-order valence-corrected chi connectivity index (χ0v) is 11.6. The molecular formula is C15H18N2O3. The van der Waals surface area contributed by atoms with E-state index in [1.54, 1.807) is 13.8 Å². The normalized spacial score (nSPS) is 12.2. The van der Waals surface area contributed by atoms with Crippen LogP contribution in [-0.4, -0.2) is 34.0 Å². The standard InChI is InChI=1S/C15H18N2O3/c1-3-20-15(19)13-12(9-10(2)18)16-17-14(13)11-7-5-4-6-8-11/h4-8,10,18H,3,9H2,1-2H3,(H,16,17). The number of nitrogens with one attached hydrogen (secondary N) is 1. The minimum atomic E-state index is -0.563. The van der Waals surface area contributed by atoms with Crippen LogP contribution in [0.4, 0.5) is 0 Å². The Kier molecular flexibility index (Phi) is 4.53. The molecule has 0 bridgehead atoms. The summed E-state index contributed by atoms with van der Waals surface area (Å²) < 4.78 is 5.09. The Morgan fingerprint density at radius 3 is 2.70 bits per heavy atom. The van der Waals surface area contributed by atoms with Crippen molar-refractivity contribution in [1.82, 2.24) is 10.2 Å². The van der Waals surface area contributed by atoms with Gasteiger partial charge in [0.15, 0.2) is 0 Å². The molecule has 1 atom stereocenters. The Bertz CT molecular complexity index is 576. The summed E-state index contributed by atoms with van der Waals surface area (Å²) in [5, 5.41) is 16.6. The minimum absolute atomic E-state index is 0.298. The number of hydrogen-bond donors (Lipinski definition) is 2. The lowest BCUT2D eigenvalue weighted by atomic mass is 10.0. The third-order valence-corrected chi connectivity index (χ3v) is 2.87. The van der Waals surface area contributed by atoms with Crippen molar-refractivity contribution >= 4 is 5.97 Å². The molecule has 2 aromatic rings. The molecule has 0 aliphatic carbocycles. The van der Waals surface area contributed by atoms with E-state index in [4.69, 9.17) is 4.74 Å². The molecule has 1 unspecified atom stereocenters. The highest BCUT2D eigenvalue weighted by Crippen LogP contribution is 2.25. The van der Waals surface area contributed by atoms with E-state index in [9.17, 15) is 9.90 Å². The van der Waals surface area contributed by atoms with Crippen LogP contribution in [0.2, 0.25) is 0 Å². The Balaban J connectivity index is 2.47. The number of aromatic amines is 1. The predicted molar refractivity (Wildman–Crippen MR) is 75.4 cm³/mol. The number of H-pyrrole nitrogens is 1. The molecule has 1 aromatic heterocycles. The fourth-order valence-electron chi connectivity index (χ4n) is 2.05. The van der Waals surface area contributed by atoms with Crippen LogP contribution in [0.3, 0.4) is 0 Å². The number of carbonyl (C=O) groups excluding carboxylic acids is 1. The van der Waals surface area contributed by atoms with Crippen molar-refractivity contribution in [2.24, 2.45) is 0 Å². The lowest BCUT2D eigenvalue weighted by molar-refractivity contribution is 0.0525. The number of ether oxygens (including phenoxy) is 1. The highest BCUT2D eigenvalue weighted by atomic mass is 16.5. The third kappa shape index (κ3) is 3.05. The van der Waals surface area contributed by atoms with Crippen molar-refractivity contribution in [3.8, 4) is 11.3 Å². The van der Waals surface area contributed by atoms with Crippen LogP contribution in [0.1, 0.15) is 29.9 Å². The number of aromatic nitrogens is 2. The van der Waals surface area contributed by atoms with Gasteiger partial charge in [-0.1, -0.05) is 30.3 Å². The van der Waals surface area contributed by atoms with E-state index in [0.717, 1.165) is 5.56 Å². The molecule has 0 radical (unpaired) electrons. The van der Waals surface area contributed by atoms with E-state index in [-0.39, 0.29) is 0 Å². The van der Waals surface area contributed by atoms with Gasteiger partial charge in [-0.2, -0.15) is 5.10 Å². The Morgan fingerprint density at radius 2 is 2.10 bits per heavy atom. The van der Waals surface area contributed by atoms with E-state index >= 15 is 0 Å². The predicted octanol–water partition coefficient (Wildman–Crippen LogP) is 2.18. The van der Waals surface area contributed by atoms with Gasteiger partial charge in [-0.25, -0.2) is 4.79 Å². The van der Waals surface area contributed by atoms with Gasteiger partial charge in [0.2, 0.25) is 0 Å². The van der Waals surface area contributed by atoms with Crippen LogP contribution in [0, 0.1) is 0 Å². The van der Waals surface area contributed by atoms with Crippen LogP contribution in [0.5, 0.6) is 0 Å². The van der Waals surface area contributed by atoms with Crippen LogP contribution in [-0.2, 0) is 11.2 Å². The summed E-state index contributed by atoms with van der Waals surface area (Å²) in [4.78, 5) is 12.1. The number of aliphatic hydroxyl groups is 1. The summed E-state index contributed by atoms with van der Waals surface area (Å²) in [6, 6.07) is 9.42. The van der Waals surface area contributed by atoms with Crippen molar-refractivity contribution in [3.63, 3.8) is 0 Å². The molecular weight excluding hydrogens is 256 g/mol. The van der Waals surface area contributed by atoms with Gasteiger partial charge in [0, 0.05) is 12.0 Å². The van der Waals surface area contributed by atoms with E-state index in [1.165, 1.54) is 0 Å². The summed E-state index contributed by atoms with van der Waals surface area (Å²) >= 11 is 0. The van der Waals surface area contributed by atoms with E-state index in [1.807, 2.05) is 30.3 Å². The molecule has 0 spiro atoms. The summed E-state index contributed by atoms with van der Waals surface area (Å²) in [7, 11) is 0. The third-order valence-electron chi connectivity index (χ3n) is 2.87. The van der Waals surface area contributed by atoms with Gasteiger partial charge in [0.1, 0.15) is 11.3 Å².